The second kappa shape index (κ2) is 6.84. The molecule has 2 amide bonds. The zero-order valence-electron chi connectivity index (χ0n) is 16.5. The second-order valence-corrected chi connectivity index (χ2v) is 8.32. The number of fused-ring (bicyclic) bond motifs is 3. The maximum atomic E-state index is 14.0. The van der Waals surface area contributed by atoms with E-state index in [1.54, 1.807) is 6.07 Å². The van der Waals surface area contributed by atoms with Gasteiger partial charge in [-0.3, -0.25) is 10.3 Å². The molecule has 6 rings (SSSR count). The third-order valence-electron chi connectivity index (χ3n) is 6.43. The van der Waals surface area contributed by atoms with Crippen LogP contribution in [0, 0.1) is 23.5 Å². The number of piperidine rings is 1. The maximum Gasteiger partial charge on any atom is 0.319 e. The fraction of sp³-hybridized carbons (Fsp3) is 0.318. The van der Waals surface area contributed by atoms with E-state index < -0.39 is 11.6 Å². The van der Waals surface area contributed by atoms with Crippen molar-refractivity contribution in [2.45, 2.75) is 6.04 Å². The van der Waals surface area contributed by atoms with Gasteiger partial charge in [-0.2, -0.15) is 0 Å². The summed E-state index contributed by atoms with van der Waals surface area (Å²) in [5.74, 6) is 0.131. The highest BCUT2D eigenvalue weighted by Crippen LogP contribution is 2.47. The number of hydrogen-bond acceptors (Lipinski definition) is 5. The largest absolute Gasteiger partial charge is 0.488 e. The molecule has 3 heterocycles. The van der Waals surface area contributed by atoms with E-state index in [9.17, 15) is 13.6 Å². The monoisotopic (exact) mass is 426 g/mol. The van der Waals surface area contributed by atoms with E-state index in [4.69, 9.17) is 9.57 Å². The van der Waals surface area contributed by atoms with Crippen LogP contribution in [0.1, 0.15) is 5.56 Å². The molecular formula is C22H20F2N4O3. The SMILES string of the molecule is O=C(Nc1ccc2c(c1)C1=C(CON1)CO2)NC1[C@H]2CN(c3ccc(F)cc3F)C[C@@H]12. The lowest BCUT2D eigenvalue weighted by Crippen LogP contribution is -2.37. The molecule has 7 nitrogen and oxygen atoms in total. The normalized spacial score (nSPS) is 25.2. The number of anilines is 2. The van der Waals surface area contributed by atoms with Crippen molar-refractivity contribution in [3.05, 3.63) is 59.2 Å². The van der Waals surface area contributed by atoms with E-state index in [-0.39, 0.29) is 23.9 Å². The minimum atomic E-state index is -0.584. The number of amides is 2. The molecule has 4 aliphatic rings. The number of halogens is 2. The number of nitrogens with zero attached hydrogens (tertiary/aromatic N) is 1. The third-order valence-corrected chi connectivity index (χ3v) is 6.43. The third kappa shape index (κ3) is 3.16. The number of ether oxygens (including phenoxy) is 1. The zero-order valence-corrected chi connectivity index (χ0v) is 16.5. The van der Waals surface area contributed by atoms with E-state index in [1.807, 2.05) is 17.0 Å². The van der Waals surface area contributed by atoms with Crippen LogP contribution in [0.15, 0.2) is 42.0 Å². The summed E-state index contributed by atoms with van der Waals surface area (Å²) in [7, 11) is 0. The summed E-state index contributed by atoms with van der Waals surface area (Å²) in [6.45, 7) is 2.25. The molecule has 2 fully saturated rings. The lowest BCUT2D eigenvalue weighted by molar-refractivity contribution is 0.116. The molecule has 3 aliphatic heterocycles. The molecule has 1 unspecified atom stereocenters. The lowest BCUT2D eigenvalue weighted by atomic mass is 10.0. The molecule has 160 valence electrons. The Bertz CT molecular complexity index is 1110. The van der Waals surface area contributed by atoms with Gasteiger partial charge in [0.2, 0.25) is 0 Å². The standard InChI is InChI=1S/C22H20F2N4O3/c23-12-1-3-18(17(24)5-12)28-7-15-16(8-28)21(15)26-22(29)25-13-2-4-19-14(6-13)20-11(9-30-19)10-31-27-20/h1-6,15-16,21,27H,7-10H2,(H2,25,26,29)/t15-,16+,21?. The Morgan fingerprint density at radius 1 is 1.10 bits per heavy atom. The van der Waals surface area contributed by atoms with Crippen molar-refractivity contribution < 1.29 is 23.1 Å². The van der Waals surface area contributed by atoms with Gasteiger partial charge in [0.25, 0.3) is 0 Å². The van der Waals surface area contributed by atoms with Crippen molar-refractivity contribution in [1.82, 2.24) is 10.8 Å². The maximum absolute atomic E-state index is 14.0. The van der Waals surface area contributed by atoms with Gasteiger partial charge in [-0.05, 0) is 30.3 Å². The number of benzene rings is 2. The van der Waals surface area contributed by atoms with Gasteiger partial charge in [-0.1, -0.05) is 0 Å². The summed E-state index contributed by atoms with van der Waals surface area (Å²) in [6.07, 6.45) is 0. The Kier molecular flexibility index (Phi) is 4.07. The zero-order chi connectivity index (χ0) is 21.1. The molecule has 0 spiro atoms. The Morgan fingerprint density at radius 3 is 2.74 bits per heavy atom. The Balaban J connectivity index is 1.07. The molecule has 0 radical (unpaired) electrons. The number of carbonyl (C=O) groups excluding carboxylic acids is 1. The van der Waals surface area contributed by atoms with E-state index in [2.05, 4.69) is 16.1 Å². The van der Waals surface area contributed by atoms with Gasteiger partial charge in [-0.15, -0.1) is 0 Å². The van der Waals surface area contributed by atoms with Crippen molar-refractivity contribution in [3.8, 4) is 5.75 Å². The van der Waals surface area contributed by atoms with Gasteiger partial charge in [0.05, 0.1) is 11.4 Å². The van der Waals surface area contributed by atoms with Gasteiger partial charge < -0.3 is 20.3 Å². The molecule has 1 saturated carbocycles. The van der Waals surface area contributed by atoms with E-state index in [0.29, 0.717) is 37.7 Å². The van der Waals surface area contributed by atoms with Crippen LogP contribution in [0.4, 0.5) is 25.0 Å². The van der Waals surface area contributed by atoms with Crippen LogP contribution in [-0.2, 0) is 4.84 Å². The molecule has 1 aliphatic carbocycles. The highest BCUT2D eigenvalue weighted by molar-refractivity contribution is 5.91. The highest BCUT2D eigenvalue weighted by Gasteiger charge is 2.56. The average molecular weight is 426 g/mol. The molecular weight excluding hydrogens is 406 g/mol. The van der Waals surface area contributed by atoms with E-state index in [1.165, 1.54) is 12.1 Å². The summed E-state index contributed by atoms with van der Waals surface area (Å²) in [4.78, 5) is 19.7. The minimum absolute atomic E-state index is 0.0555. The molecule has 3 atom stereocenters. The second-order valence-electron chi connectivity index (χ2n) is 8.32. The van der Waals surface area contributed by atoms with Gasteiger partial charge >= 0.3 is 6.03 Å². The van der Waals surface area contributed by atoms with Gasteiger partial charge in [0, 0.05) is 53.9 Å². The number of hydroxylamine groups is 1. The molecule has 0 bridgehead atoms. The molecule has 2 aromatic carbocycles. The van der Waals surface area contributed by atoms with Crippen molar-refractivity contribution in [1.29, 1.82) is 0 Å². The lowest BCUT2D eigenvalue weighted by Gasteiger charge is -2.23. The first-order chi connectivity index (χ1) is 15.1. The summed E-state index contributed by atoms with van der Waals surface area (Å²) in [6, 6.07) is 8.90. The quantitative estimate of drug-likeness (QED) is 0.704. The summed E-state index contributed by atoms with van der Waals surface area (Å²) < 4.78 is 32.9. The smallest absolute Gasteiger partial charge is 0.319 e. The van der Waals surface area contributed by atoms with Crippen molar-refractivity contribution >= 4 is 23.1 Å². The Hall–Kier alpha value is -3.33. The average Bonchev–Trinajstić information content (AvgIpc) is 3.14. The minimum Gasteiger partial charge on any atom is -0.488 e. The van der Waals surface area contributed by atoms with Crippen molar-refractivity contribution in [3.63, 3.8) is 0 Å². The van der Waals surface area contributed by atoms with Crippen molar-refractivity contribution in [2.75, 3.05) is 36.5 Å². The Morgan fingerprint density at radius 2 is 1.94 bits per heavy atom. The molecule has 1 saturated heterocycles. The summed E-state index contributed by atoms with van der Waals surface area (Å²) in [5.41, 5.74) is 6.77. The summed E-state index contributed by atoms with van der Waals surface area (Å²) in [5, 5.41) is 5.89. The predicted molar refractivity (Wildman–Crippen MR) is 109 cm³/mol. The first kappa shape index (κ1) is 18.4. The van der Waals surface area contributed by atoms with Crippen molar-refractivity contribution in [2.24, 2.45) is 11.8 Å². The topological polar surface area (TPSA) is 74.9 Å². The number of urea groups is 1. The Labute approximate surface area is 177 Å². The van der Waals surface area contributed by atoms with Crippen LogP contribution in [0.25, 0.3) is 5.70 Å². The van der Waals surface area contributed by atoms with Crippen LogP contribution < -0.4 is 25.8 Å². The van der Waals surface area contributed by atoms with E-state index in [0.717, 1.165) is 28.6 Å². The first-order valence-electron chi connectivity index (χ1n) is 10.2. The molecule has 2 aromatic rings. The molecule has 31 heavy (non-hydrogen) atoms. The number of nitrogens with one attached hydrogen (secondary N) is 3. The van der Waals surface area contributed by atoms with Gasteiger partial charge in [-0.25, -0.2) is 13.6 Å². The highest BCUT2D eigenvalue weighted by atomic mass is 19.1. The molecule has 3 N–H and O–H groups in total. The summed E-state index contributed by atoms with van der Waals surface area (Å²) >= 11 is 0. The van der Waals surface area contributed by atoms with Crippen LogP contribution in [0.2, 0.25) is 0 Å². The fourth-order valence-corrected chi connectivity index (χ4v) is 4.79. The van der Waals surface area contributed by atoms with Crippen LogP contribution >= 0.6 is 0 Å². The molecule has 0 aromatic heterocycles. The van der Waals surface area contributed by atoms with Gasteiger partial charge in [0.1, 0.15) is 30.6 Å². The number of rotatable bonds is 3. The van der Waals surface area contributed by atoms with Crippen LogP contribution in [-0.4, -0.2) is 38.4 Å². The first-order valence-corrected chi connectivity index (χ1v) is 10.2. The van der Waals surface area contributed by atoms with E-state index >= 15 is 0 Å². The van der Waals surface area contributed by atoms with Gasteiger partial charge in [0.15, 0.2) is 0 Å². The fourth-order valence-electron chi connectivity index (χ4n) is 4.79. The van der Waals surface area contributed by atoms with Crippen LogP contribution in [0.5, 0.6) is 5.75 Å². The predicted octanol–water partition coefficient (Wildman–Crippen LogP) is 2.86. The molecule has 9 heteroatoms. The number of carbonyl (C=O) groups is 1. The number of hydrogen-bond donors (Lipinski definition) is 3. The van der Waals surface area contributed by atoms with Crippen LogP contribution in [0.3, 0.4) is 0 Å².